The van der Waals surface area contributed by atoms with E-state index in [1.807, 2.05) is 19.1 Å². The maximum Gasteiger partial charge on any atom is 0.0892 e. The van der Waals surface area contributed by atoms with Crippen LogP contribution in [-0.2, 0) is 0 Å². The van der Waals surface area contributed by atoms with Gasteiger partial charge in [-0.2, -0.15) is 0 Å². The number of rotatable bonds is 4. The van der Waals surface area contributed by atoms with E-state index in [0.717, 1.165) is 11.1 Å². The van der Waals surface area contributed by atoms with Crippen LogP contribution >= 0.6 is 23.2 Å². The van der Waals surface area contributed by atoms with Gasteiger partial charge in [0.2, 0.25) is 0 Å². The smallest absolute Gasteiger partial charge is 0.0892 e. The molecule has 0 radical (unpaired) electrons. The molecule has 0 aliphatic rings. The van der Waals surface area contributed by atoms with Crippen molar-refractivity contribution in [1.82, 2.24) is 0 Å². The summed E-state index contributed by atoms with van der Waals surface area (Å²) in [5.74, 6) is 0.321. The lowest BCUT2D eigenvalue weighted by molar-refractivity contribution is 0.867. The molecule has 0 atom stereocenters. The molecule has 0 spiro atoms. The summed E-state index contributed by atoms with van der Waals surface area (Å²) in [5, 5.41) is 1.06. The highest BCUT2D eigenvalue weighted by molar-refractivity contribution is 6.43. The van der Waals surface area contributed by atoms with Crippen LogP contribution < -0.4 is 0 Å². The monoisotopic (exact) mass is 282 g/mol. The molecule has 0 fully saturated rings. The van der Waals surface area contributed by atoms with Gasteiger partial charge in [-0.05, 0) is 25.1 Å². The molecule has 0 aliphatic heterocycles. The number of hydrogen-bond acceptors (Lipinski definition) is 2. The van der Waals surface area contributed by atoms with Gasteiger partial charge in [0.1, 0.15) is 0 Å². The van der Waals surface area contributed by atoms with Gasteiger partial charge in [0.05, 0.1) is 21.9 Å². The highest BCUT2D eigenvalue weighted by Crippen LogP contribution is 2.36. The highest BCUT2D eigenvalue weighted by atomic mass is 35.5. The predicted octanol–water partition coefficient (Wildman–Crippen LogP) is 5.21. The summed E-state index contributed by atoms with van der Waals surface area (Å²) in [6, 6.07) is 3.86. The van der Waals surface area contributed by atoms with Gasteiger partial charge in [-0.15, -0.1) is 0 Å². The third kappa shape index (κ3) is 3.21. The molecule has 96 valence electrons. The lowest BCUT2D eigenvalue weighted by Gasteiger charge is -2.12. The maximum absolute atomic E-state index is 6.28. The van der Waals surface area contributed by atoms with Crippen molar-refractivity contribution < 1.29 is 0 Å². The molecule has 1 aromatic rings. The SMILES string of the molecule is C=NC(=CN=CC)c1ccc(C(C)C)c(Cl)c1Cl. The van der Waals surface area contributed by atoms with E-state index in [-0.39, 0.29) is 0 Å². The van der Waals surface area contributed by atoms with E-state index in [4.69, 9.17) is 23.2 Å². The molecular formula is C14H16Cl2N2. The molecule has 0 aromatic heterocycles. The largest absolute Gasteiger partial charge is 0.267 e. The second kappa shape index (κ2) is 6.72. The normalized spacial score (nSPS) is 12.4. The topological polar surface area (TPSA) is 24.7 Å². The van der Waals surface area contributed by atoms with Crippen LogP contribution in [-0.4, -0.2) is 12.9 Å². The van der Waals surface area contributed by atoms with Crippen LogP contribution in [0, 0.1) is 0 Å². The van der Waals surface area contributed by atoms with Gasteiger partial charge < -0.3 is 0 Å². The molecule has 0 N–H and O–H groups in total. The Morgan fingerprint density at radius 3 is 2.44 bits per heavy atom. The first-order valence-electron chi connectivity index (χ1n) is 5.65. The zero-order valence-corrected chi connectivity index (χ0v) is 12.3. The Hall–Kier alpha value is -1.12. The second-order valence-electron chi connectivity index (χ2n) is 4.06. The molecule has 2 nitrogen and oxygen atoms in total. The molecule has 18 heavy (non-hydrogen) atoms. The van der Waals surface area contributed by atoms with Crippen molar-refractivity contribution in [2.45, 2.75) is 26.7 Å². The molecule has 0 bridgehead atoms. The van der Waals surface area contributed by atoms with E-state index >= 15 is 0 Å². The first-order valence-corrected chi connectivity index (χ1v) is 6.41. The van der Waals surface area contributed by atoms with Gasteiger partial charge in [0.25, 0.3) is 0 Å². The van der Waals surface area contributed by atoms with Crippen LogP contribution in [0.2, 0.25) is 10.0 Å². The summed E-state index contributed by atoms with van der Waals surface area (Å²) < 4.78 is 0. The Kier molecular flexibility index (Phi) is 5.57. The van der Waals surface area contributed by atoms with E-state index < -0.39 is 0 Å². The van der Waals surface area contributed by atoms with Gasteiger partial charge in [-0.25, -0.2) is 0 Å². The fourth-order valence-corrected chi connectivity index (χ4v) is 2.20. The molecule has 1 rings (SSSR count). The quantitative estimate of drug-likeness (QED) is 0.678. The van der Waals surface area contributed by atoms with Gasteiger partial charge in [0.15, 0.2) is 0 Å². The summed E-state index contributed by atoms with van der Waals surface area (Å²) in [6.45, 7) is 9.49. The standard InChI is InChI=1S/C14H16Cl2N2/c1-5-18-8-12(17-4)11-7-6-10(9(2)3)13(15)14(11)16/h5-9H,4H2,1-3H3. The summed E-state index contributed by atoms with van der Waals surface area (Å²) in [6.07, 6.45) is 3.28. The summed E-state index contributed by atoms with van der Waals surface area (Å²) in [5.41, 5.74) is 2.37. The van der Waals surface area contributed by atoms with Crippen LogP contribution in [0.4, 0.5) is 0 Å². The number of aliphatic imine (C=N–C) groups is 2. The van der Waals surface area contributed by atoms with Crippen molar-refractivity contribution >= 4 is 41.8 Å². The van der Waals surface area contributed by atoms with Crippen LogP contribution in [0.3, 0.4) is 0 Å². The van der Waals surface area contributed by atoms with E-state index in [9.17, 15) is 0 Å². The Labute approximate surface area is 118 Å². The van der Waals surface area contributed by atoms with Crippen molar-refractivity contribution in [3.8, 4) is 0 Å². The van der Waals surface area contributed by atoms with E-state index in [2.05, 4.69) is 30.5 Å². The Morgan fingerprint density at radius 1 is 1.28 bits per heavy atom. The molecule has 0 saturated heterocycles. The first kappa shape index (κ1) is 14.9. The first-order chi connectivity index (χ1) is 8.52. The Balaban J connectivity index is 3.35. The number of hydrogen-bond donors (Lipinski definition) is 0. The minimum Gasteiger partial charge on any atom is -0.267 e. The number of benzene rings is 1. The summed E-state index contributed by atoms with van der Waals surface area (Å²) >= 11 is 12.6. The highest BCUT2D eigenvalue weighted by Gasteiger charge is 2.14. The predicted molar refractivity (Wildman–Crippen MR) is 82.2 cm³/mol. The van der Waals surface area contributed by atoms with Crippen molar-refractivity contribution in [3.63, 3.8) is 0 Å². The van der Waals surface area contributed by atoms with Crippen LogP contribution in [0.1, 0.15) is 37.8 Å². The maximum atomic E-state index is 6.28. The van der Waals surface area contributed by atoms with Crippen molar-refractivity contribution in [2.24, 2.45) is 9.98 Å². The minimum absolute atomic E-state index is 0.321. The Bertz CT molecular complexity index is 503. The fraction of sp³-hybridized carbons (Fsp3) is 0.286. The molecule has 0 saturated carbocycles. The van der Waals surface area contributed by atoms with Gasteiger partial charge in [-0.1, -0.05) is 49.2 Å². The molecule has 0 heterocycles. The van der Waals surface area contributed by atoms with E-state index in [0.29, 0.717) is 21.7 Å². The van der Waals surface area contributed by atoms with Gasteiger partial charge in [0, 0.05) is 11.8 Å². The molecule has 0 amide bonds. The zero-order valence-electron chi connectivity index (χ0n) is 10.7. The van der Waals surface area contributed by atoms with Crippen molar-refractivity contribution in [2.75, 3.05) is 0 Å². The molecule has 0 aliphatic carbocycles. The van der Waals surface area contributed by atoms with Crippen LogP contribution in [0.5, 0.6) is 0 Å². The molecule has 1 aromatic carbocycles. The fourth-order valence-electron chi connectivity index (χ4n) is 1.55. The number of nitrogens with zero attached hydrogens (tertiary/aromatic N) is 2. The van der Waals surface area contributed by atoms with Crippen LogP contribution in [0.25, 0.3) is 5.70 Å². The van der Waals surface area contributed by atoms with Gasteiger partial charge in [-0.3, -0.25) is 9.98 Å². The lowest BCUT2D eigenvalue weighted by atomic mass is 10.0. The molecule has 0 unspecified atom stereocenters. The lowest BCUT2D eigenvalue weighted by Crippen LogP contribution is -1.93. The van der Waals surface area contributed by atoms with Crippen LogP contribution in [0.15, 0.2) is 28.3 Å². The average Bonchev–Trinajstić information content (AvgIpc) is 2.34. The second-order valence-corrected chi connectivity index (χ2v) is 4.82. The molecular weight excluding hydrogens is 267 g/mol. The summed E-state index contributed by atoms with van der Waals surface area (Å²) in [4.78, 5) is 7.95. The van der Waals surface area contributed by atoms with Crippen molar-refractivity contribution in [1.29, 1.82) is 0 Å². The molecule has 4 heteroatoms. The van der Waals surface area contributed by atoms with Crippen molar-refractivity contribution in [3.05, 3.63) is 39.5 Å². The third-order valence-electron chi connectivity index (χ3n) is 2.53. The zero-order chi connectivity index (χ0) is 13.7. The Morgan fingerprint density at radius 2 is 1.94 bits per heavy atom. The van der Waals surface area contributed by atoms with Gasteiger partial charge >= 0.3 is 0 Å². The summed E-state index contributed by atoms with van der Waals surface area (Å²) in [7, 11) is 0. The minimum atomic E-state index is 0.321. The number of halogens is 2. The third-order valence-corrected chi connectivity index (χ3v) is 3.42. The average molecular weight is 283 g/mol. The van der Waals surface area contributed by atoms with E-state index in [1.54, 1.807) is 12.4 Å². The van der Waals surface area contributed by atoms with E-state index in [1.165, 1.54) is 0 Å².